The zero-order valence-corrected chi connectivity index (χ0v) is 11.1. The van der Waals surface area contributed by atoms with Crippen LogP contribution < -0.4 is 4.90 Å². The molecule has 2 amide bonds. The minimum absolute atomic E-state index is 0.0283. The van der Waals surface area contributed by atoms with Gasteiger partial charge in [-0.2, -0.15) is 0 Å². The lowest BCUT2D eigenvalue weighted by Gasteiger charge is -2.21. The minimum atomic E-state index is -1.15. The van der Waals surface area contributed by atoms with E-state index >= 15 is 0 Å². The lowest BCUT2D eigenvalue weighted by molar-refractivity contribution is -0.124. The summed E-state index contributed by atoms with van der Waals surface area (Å²) < 4.78 is 0. The number of carbonyl (C=O) groups is 3. The predicted molar refractivity (Wildman–Crippen MR) is 69.0 cm³/mol. The Labute approximate surface area is 110 Å². The number of carboxylic acid groups (broad SMARTS) is 1. The van der Waals surface area contributed by atoms with Gasteiger partial charge in [-0.1, -0.05) is 26.0 Å². The zero-order valence-electron chi connectivity index (χ0n) is 11.1. The number of anilines is 1. The molecule has 1 heterocycles. The van der Waals surface area contributed by atoms with Crippen molar-refractivity contribution in [3.8, 4) is 0 Å². The highest BCUT2D eigenvalue weighted by Crippen LogP contribution is 2.37. The van der Waals surface area contributed by atoms with E-state index in [1.165, 1.54) is 6.07 Å². The van der Waals surface area contributed by atoms with Crippen molar-refractivity contribution in [1.29, 1.82) is 0 Å². The molecule has 1 fully saturated rings. The summed E-state index contributed by atoms with van der Waals surface area (Å²) in [5.74, 6) is -1.86. The van der Waals surface area contributed by atoms with Crippen LogP contribution in [-0.2, 0) is 9.59 Å². The third-order valence-corrected chi connectivity index (χ3v) is 3.32. The fourth-order valence-electron chi connectivity index (χ4n) is 2.30. The zero-order chi connectivity index (χ0) is 14.4. The van der Waals surface area contributed by atoms with Crippen molar-refractivity contribution in [3.05, 3.63) is 29.3 Å². The average Bonchev–Trinajstić information content (AvgIpc) is 2.49. The summed E-state index contributed by atoms with van der Waals surface area (Å²) in [6.45, 7) is 5.06. The molecule has 0 aromatic heterocycles. The number of benzene rings is 1. The molecule has 0 radical (unpaired) electrons. The third-order valence-electron chi connectivity index (χ3n) is 3.32. The number of hydrogen-bond acceptors (Lipinski definition) is 3. The van der Waals surface area contributed by atoms with Gasteiger partial charge in [-0.05, 0) is 18.6 Å². The molecular formula is C14H15NO4. The second-order valence-electron chi connectivity index (χ2n) is 5.37. The number of nitrogens with zero attached hydrogens (tertiary/aromatic N) is 1. The maximum Gasteiger partial charge on any atom is 0.337 e. The van der Waals surface area contributed by atoms with Gasteiger partial charge in [0.1, 0.15) is 0 Å². The SMILES string of the molecule is Cc1cccc(C(=O)O)c1N1C(=O)CC(C)(C)C1=O. The van der Waals surface area contributed by atoms with Crippen molar-refractivity contribution in [1.82, 2.24) is 0 Å². The minimum Gasteiger partial charge on any atom is -0.478 e. The summed E-state index contributed by atoms with van der Waals surface area (Å²) >= 11 is 0. The van der Waals surface area contributed by atoms with Gasteiger partial charge >= 0.3 is 5.97 Å². The quantitative estimate of drug-likeness (QED) is 0.826. The van der Waals surface area contributed by atoms with Crippen molar-refractivity contribution in [2.75, 3.05) is 4.90 Å². The predicted octanol–water partition coefficient (Wildman–Crippen LogP) is 1.98. The van der Waals surface area contributed by atoms with Crippen LogP contribution in [0.5, 0.6) is 0 Å². The molecular weight excluding hydrogens is 246 g/mol. The first-order chi connectivity index (χ1) is 8.75. The summed E-state index contributed by atoms with van der Waals surface area (Å²) in [4.78, 5) is 36.6. The first-order valence-electron chi connectivity index (χ1n) is 5.96. The second-order valence-corrected chi connectivity index (χ2v) is 5.37. The van der Waals surface area contributed by atoms with E-state index in [2.05, 4.69) is 0 Å². The Morgan fingerprint density at radius 2 is 1.95 bits per heavy atom. The van der Waals surface area contributed by atoms with Crippen molar-refractivity contribution < 1.29 is 19.5 Å². The Kier molecular flexibility index (Phi) is 2.92. The number of carboxylic acids is 1. The monoisotopic (exact) mass is 261 g/mol. The van der Waals surface area contributed by atoms with E-state index in [4.69, 9.17) is 0 Å². The first kappa shape index (κ1) is 13.3. The molecule has 2 rings (SSSR count). The normalized spacial score (nSPS) is 17.9. The molecule has 0 spiro atoms. The lowest BCUT2D eigenvalue weighted by Crippen LogP contribution is -2.34. The van der Waals surface area contributed by atoms with Crippen LogP contribution in [0.25, 0.3) is 0 Å². The molecule has 1 saturated heterocycles. The molecule has 1 aromatic rings. The molecule has 100 valence electrons. The van der Waals surface area contributed by atoms with Gasteiger partial charge in [0.2, 0.25) is 11.8 Å². The van der Waals surface area contributed by atoms with Gasteiger partial charge in [-0.25, -0.2) is 9.69 Å². The van der Waals surface area contributed by atoms with E-state index < -0.39 is 11.4 Å². The molecule has 1 aromatic carbocycles. The smallest absolute Gasteiger partial charge is 0.337 e. The summed E-state index contributed by atoms with van der Waals surface area (Å²) in [6, 6.07) is 4.68. The Morgan fingerprint density at radius 1 is 1.32 bits per heavy atom. The van der Waals surface area contributed by atoms with Crippen molar-refractivity contribution >= 4 is 23.5 Å². The molecule has 0 unspecified atom stereocenters. The number of rotatable bonds is 2. The van der Waals surface area contributed by atoms with E-state index in [1.807, 2.05) is 0 Å². The largest absolute Gasteiger partial charge is 0.478 e. The fraction of sp³-hybridized carbons (Fsp3) is 0.357. The van der Waals surface area contributed by atoms with E-state index in [0.29, 0.717) is 5.56 Å². The van der Waals surface area contributed by atoms with E-state index in [9.17, 15) is 19.5 Å². The maximum atomic E-state index is 12.3. The molecule has 19 heavy (non-hydrogen) atoms. The molecule has 5 nitrogen and oxygen atoms in total. The maximum absolute atomic E-state index is 12.3. The van der Waals surface area contributed by atoms with E-state index in [0.717, 1.165) is 4.90 Å². The van der Waals surface area contributed by atoms with Gasteiger partial charge in [-0.15, -0.1) is 0 Å². The molecule has 1 aliphatic heterocycles. The first-order valence-corrected chi connectivity index (χ1v) is 5.96. The molecule has 5 heteroatoms. The number of aromatic carboxylic acids is 1. The van der Waals surface area contributed by atoms with Gasteiger partial charge in [0, 0.05) is 6.42 Å². The molecule has 0 aliphatic carbocycles. The van der Waals surface area contributed by atoms with Gasteiger partial charge in [0.05, 0.1) is 16.7 Å². The highest BCUT2D eigenvalue weighted by molar-refractivity contribution is 6.24. The van der Waals surface area contributed by atoms with Gasteiger partial charge in [-0.3, -0.25) is 9.59 Å². The topological polar surface area (TPSA) is 74.7 Å². The Hall–Kier alpha value is -2.17. The number of imide groups is 1. The highest BCUT2D eigenvalue weighted by Gasteiger charge is 2.46. The van der Waals surface area contributed by atoms with Crippen LogP contribution in [0.4, 0.5) is 5.69 Å². The Balaban J connectivity index is 2.63. The van der Waals surface area contributed by atoms with E-state index in [1.54, 1.807) is 32.9 Å². The van der Waals surface area contributed by atoms with Crippen molar-refractivity contribution in [2.45, 2.75) is 27.2 Å². The lowest BCUT2D eigenvalue weighted by atomic mass is 9.92. The van der Waals surface area contributed by atoms with Crippen molar-refractivity contribution in [2.24, 2.45) is 5.41 Å². The third kappa shape index (κ3) is 2.01. The molecule has 0 bridgehead atoms. The summed E-state index contributed by atoms with van der Waals surface area (Å²) in [5.41, 5.74) is -0.0240. The van der Waals surface area contributed by atoms with Crippen molar-refractivity contribution in [3.63, 3.8) is 0 Å². The standard InChI is InChI=1S/C14H15NO4/c1-8-5-4-6-9(12(17)18)11(8)15-10(16)7-14(2,3)13(15)19/h4-6H,7H2,1-3H3,(H,17,18). The number of amides is 2. The van der Waals surface area contributed by atoms with Gasteiger partial charge in [0.15, 0.2) is 0 Å². The molecule has 1 N–H and O–H groups in total. The number of aryl methyl sites for hydroxylation is 1. The summed E-state index contributed by atoms with van der Waals surface area (Å²) in [7, 11) is 0. The van der Waals surface area contributed by atoms with Crippen LogP contribution in [0.1, 0.15) is 36.2 Å². The second kappa shape index (κ2) is 4.19. The molecule has 0 atom stereocenters. The van der Waals surface area contributed by atoms with Crippen LogP contribution in [0.2, 0.25) is 0 Å². The van der Waals surface area contributed by atoms with Gasteiger partial charge in [0.25, 0.3) is 0 Å². The number of para-hydroxylation sites is 1. The molecule has 0 saturated carbocycles. The summed E-state index contributed by atoms with van der Waals surface area (Å²) in [5, 5.41) is 9.20. The Morgan fingerprint density at radius 3 is 2.42 bits per heavy atom. The van der Waals surface area contributed by atoms with E-state index in [-0.39, 0.29) is 29.5 Å². The number of hydrogen-bond donors (Lipinski definition) is 1. The number of carbonyl (C=O) groups excluding carboxylic acids is 2. The molecule has 1 aliphatic rings. The van der Waals surface area contributed by atoms with Crippen LogP contribution in [0.3, 0.4) is 0 Å². The van der Waals surface area contributed by atoms with Crippen LogP contribution >= 0.6 is 0 Å². The van der Waals surface area contributed by atoms with Gasteiger partial charge < -0.3 is 5.11 Å². The van der Waals surface area contributed by atoms with Crippen LogP contribution in [0.15, 0.2) is 18.2 Å². The summed E-state index contributed by atoms with van der Waals surface area (Å²) in [6.07, 6.45) is 0.0965. The van der Waals surface area contributed by atoms with Crippen LogP contribution in [0, 0.1) is 12.3 Å². The highest BCUT2D eigenvalue weighted by atomic mass is 16.4. The average molecular weight is 261 g/mol. The Bertz CT molecular complexity index is 589. The fourth-order valence-corrected chi connectivity index (χ4v) is 2.30. The van der Waals surface area contributed by atoms with Crippen LogP contribution in [-0.4, -0.2) is 22.9 Å².